The van der Waals surface area contributed by atoms with Gasteiger partial charge in [0.2, 0.25) is 0 Å². The van der Waals surface area contributed by atoms with Crippen LogP contribution in [-0.2, 0) is 29.1 Å². The Morgan fingerprint density at radius 2 is 0.778 bits per heavy atom. The topological polar surface area (TPSA) is 34.1 Å². The molecule has 0 amide bonds. The van der Waals surface area contributed by atoms with Crippen LogP contribution in [0, 0.1) is 0 Å². The Morgan fingerprint density at radius 1 is 0.778 bits per heavy atom. The number of hydrogen-bond acceptors (Lipinski definition) is 2. The van der Waals surface area contributed by atoms with Crippen molar-refractivity contribution in [3.8, 4) is 0 Å². The van der Waals surface area contributed by atoms with Crippen LogP contribution in [0.25, 0.3) is 0 Å². The SMILES string of the molecule is CC(C)=O.CC(C)=O.[Rh]. The minimum absolute atomic E-state index is 0. The van der Waals surface area contributed by atoms with E-state index in [1.54, 1.807) is 0 Å². The van der Waals surface area contributed by atoms with E-state index in [1.165, 1.54) is 27.7 Å². The van der Waals surface area contributed by atoms with Crippen LogP contribution in [0.3, 0.4) is 0 Å². The summed E-state index contributed by atoms with van der Waals surface area (Å²) in [5, 5.41) is 0. The number of Topliss-reactive ketones (excluding diaryl/α,β-unsaturated/α-hetero) is 2. The molecule has 57 valence electrons. The van der Waals surface area contributed by atoms with E-state index in [2.05, 4.69) is 0 Å². The van der Waals surface area contributed by atoms with E-state index in [0.29, 0.717) is 0 Å². The third-order valence-electron chi connectivity index (χ3n) is 0. The number of carbonyl (C=O) groups excluding carboxylic acids is 2. The molecule has 3 heteroatoms. The van der Waals surface area contributed by atoms with Crippen LogP contribution < -0.4 is 0 Å². The predicted octanol–water partition coefficient (Wildman–Crippen LogP) is 1.19. The average Bonchev–Trinajstić information content (AvgIpc) is 1.25. The van der Waals surface area contributed by atoms with Crippen molar-refractivity contribution in [2.24, 2.45) is 0 Å². The van der Waals surface area contributed by atoms with Gasteiger partial charge in [-0.25, -0.2) is 0 Å². The van der Waals surface area contributed by atoms with Gasteiger partial charge in [0.1, 0.15) is 11.6 Å². The summed E-state index contributed by atoms with van der Waals surface area (Å²) in [7, 11) is 0. The zero-order chi connectivity index (χ0) is 7.15. The van der Waals surface area contributed by atoms with Crippen LogP contribution in [0.5, 0.6) is 0 Å². The zero-order valence-corrected chi connectivity index (χ0v) is 7.79. The fraction of sp³-hybridized carbons (Fsp3) is 0.667. The molecule has 0 aromatic rings. The van der Waals surface area contributed by atoms with Gasteiger partial charge in [0.05, 0.1) is 0 Å². The molecule has 0 aromatic carbocycles. The maximum absolute atomic E-state index is 9.44. The fourth-order valence-electron chi connectivity index (χ4n) is 0. The molecule has 0 atom stereocenters. The summed E-state index contributed by atoms with van der Waals surface area (Å²) in [5.74, 6) is 0.333. The van der Waals surface area contributed by atoms with Crippen LogP contribution in [0.15, 0.2) is 0 Å². The molecule has 1 radical (unpaired) electrons. The summed E-state index contributed by atoms with van der Waals surface area (Å²) >= 11 is 0. The maximum Gasteiger partial charge on any atom is 0.126 e. The molecule has 0 saturated heterocycles. The number of ketones is 2. The molecule has 0 aliphatic rings. The van der Waals surface area contributed by atoms with Gasteiger partial charge in [0.15, 0.2) is 0 Å². The second kappa shape index (κ2) is 10.9. The Balaban J connectivity index is -0.0000000720. The van der Waals surface area contributed by atoms with Crippen LogP contribution in [0.1, 0.15) is 27.7 Å². The van der Waals surface area contributed by atoms with Crippen molar-refractivity contribution in [2.45, 2.75) is 27.7 Å². The van der Waals surface area contributed by atoms with Gasteiger partial charge in [0, 0.05) is 19.5 Å². The number of hydrogen-bond donors (Lipinski definition) is 0. The first kappa shape index (κ1) is 16.0. The van der Waals surface area contributed by atoms with E-state index in [1.807, 2.05) is 0 Å². The molecule has 0 unspecified atom stereocenters. The van der Waals surface area contributed by atoms with Crippen LogP contribution >= 0.6 is 0 Å². The van der Waals surface area contributed by atoms with Crippen molar-refractivity contribution in [1.29, 1.82) is 0 Å². The van der Waals surface area contributed by atoms with E-state index in [0.717, 1.165) is 0 Å². The molecule has 0 heterocycles. The van der Waals surface area contributed by atoms with Crippen molar-refractivity contribution in [3.63, 3.8) is 0 Å². The Hall–Kier alpha value is -0.0366. The first-order chi connectivity index (χ1) is 3.46. The second-order valence-electron chi connectivity index (χ2n) is 1.82. The molecule has 0 aliphatic carbocycles. The van der Waals surface area contributed by atoms with Crippen molar-refractivity contribution in [3.05, 3.63) is 0 Å². The van der Waals surface area contributed by atoms with Crippen LogP contribution in [-0.4, -0.2) is 11.6 Å². The summed E-state index contributed by atoms with van der Waals surface area (Å²) in [5.41, 5.74) is 0. The smallest absolute Gasteiger partial charge is 0.126 e. The maximum atomic E-state index is 9.44. The zero-order valence-electron chi connectivity index (χ0n) is 6.15. The van der Waals surface area contributed by atoms with E-state index in [-0.39, 0.29) is 31.0 Å². The minimum atomic E-state index is 0. The van der Waals surface area contributed by atoms with Gasteiger partial charge >= 0.3 is 0 Å². The van der Waals surface area contributed by atoms with E-state index in [9.17, 15) is 9.59 Å². The van der Waals surface area contributed by atoms with Crippen LogP contribution in [0.2, 0.25) is 0 Å². The van der Waals surface area contributed by atoms with Gasteiger partial charge in [-0.15, -0.1) is 0 Å². The first-order valence-corrected chi connectivity index (χ1v) is 2.41. The molecule has 0 aromatic heterocycles. The largest absolute Gasteiger partial charge is 0.300 e. The van der Waals surface area contributed by atoms with E-state index >= 15 is 0 Å². The van der Waals surface area contributed by atoms with Gasteiger partial charge in [-0.1, -0.05) is 0 Å². The van der Waals surface area contributed by atoms with E-state index in [4.69, 9.17) is 0 Å². The predicted molar refractivity (Wildman–Crippen MR) is 32.7 cm³/mol. The third kappa shape index (κ3) is 211000. The van der Waals surface area contributed by atoms with Crippen molar-refractivity contribution < 1.29 is 29.1 Å². The standard InChI is InChI=1S/2C3H6O.Rh/c2*1-3(2)4;/h2*1-2H3;. The molecule has 0 N–H and O–H groups in total. The number of rotatable bonds is 0. The minimum Gasteiger partial charge on any atom is -0.300 e. The Labute approximate surface area is 68.8 Å². The first-order valence-electron chi connectivity index (χ1n) is 2.41. The molecule has 0 spiro atoms. The molecule has 0 aliphatic heterocycles. The Kier molecular flexibility index (Phi) is 19.3. The monoisotopic (exact) mass is 219 g/mol. The van der Waals surface area contributed by atoms with Gasteiger partial charge in [-0.3, -0.25) is 0 Å². The Bertz CT molecular complexity index is 69.1. The van der Waals surface area contributed by atoms with Gasteiger partial charge in [0.25, 0.3) is 0 Å². The quantitative estimate of drug-likeness (QED) is 0.573. The van der Waals surface area contributed by atoms with E-state index < -0.39 is 0 Å². The van der Waals surface area contributed by atoms with Crippen LogP contribution in [0.4, 0.5) is 0 Å². The van der Waals surface area contributed by atoms with Gasteiger partial charge in [-0.05, 0) is 27.7 Å². The molecule has 0 saturated carbocycles. The van der Waals surface area contributed by atoms with Gasteiger partial charge in [-0.2, -0.15) is 0 Å². The fourth-order valence-corrected chi connectivity index (χ4v) is 0. The summed E-state index contributed by atoms with van der Waals surface area (Å²) in [6.07, 6.45) is 0. The molecule has 0 rings (SSSR count). The van der Waals surface area contributed by atoms with Crippen molar-refractivity contribution >= 4 is 11.6 Å². The third-order valence-corrected chi connectivity index (χ3v) is 0. The number of carbonyl (C=O) groups is 2. The molecule has 2 nitrogen and oxygen atoms in total. The molecule has 0 bridgehead atoms. The summed E-state index contributed by atoms with van der Waals surface area (Å²) in [6, 6.07) is 0. The molecule has 9 heavy (non-hydrogen) atoms. The molecule has 0 fully saturated rings. The summed E-state index contributed by atoms with van der Waals surface area (Å²) in [4.78, 5) is 18.9. The molecular formula is C6H12O2Rh. The van der Waals surface area contributed by atoms with Crippen molar-refractivity contribution in [2.75, 3.05) is 0 Å². The summed E-state index contributed by atoms with van der Waals surface area (Å²) < 4.78 is 0. The average molecular weight is 219 g/mol. The summed E-state index contributed by atoms with van der Waals surface area (Å²) in [6.45, 7) is 6.11. The second-order valence-corrected chi connectivity index (χ2v) is 1.82. The molecular weight excluding hydrogens is 207 g/mol. The normalized spacial score (nSPS) is 5.78. The van der Waals surface area contributed by atoms with Gasteiger partial charge < -0.3 is 9.59 Å². The van der Waals surface area contributed by atoms with Crippen molar-refractivity contribution in [1.82, 2.24) is 0 Å². The Morgan fingerprint density at radius 3 is 0.778 bits per heavy atom.